The van der Waals surface area contributed by atoms with E-state index in [0.717, 1.165) is 28.7 Å². The third-order valence-corrected chi connectivity index (χ3v) is 4.09. The average molecular weight is 250 g/mol. The van der Waals surface area contributed by atoms with Crippen molar-refractivity contribution in [2.24, 2.45) is 12.0 Å². The van der Waals surface area contributed by atoms with Gasteiger partial charge in [-0.05, 0) is 6.92 Å². The molecule has 0 aromatic carbocycles. The zero-order valence-electron chi connectivity index (χ0n) is 9.88. The molecule has 0 N–H and O–H groups in total. The first kappa shape index (κ1) is 10.8. The van der Waals surface area contributed by atoms with Crippen LogP contribution in [0.2, 0.25) is 0 Å². The fourth-order valence-corrected chi connectivity index (χ4v) is 3.33. The van der Waals surface area contributed by atoms with Gasteiger partial charge in [-0.3, -0.25) is 19.4 Å². The molecular weight excluding hydrogens is 236 g/mol. The number of amides is 1. The molecule has 1 fully saturated rings. The van der Waals surface area contributed by atoms with Crippen molar-refractivity contribution in [1.82, 2.24) is 14.7 Å². The molecule has 0 saturated carbocycles. The standard InChI is InChI=1S/C11H14N4OS/c1-7-8(6-14(2)13-7)9-5-10(16)15-3-4-17-11(15)12-9/h6,9H,3-5H2,1-2H3/t9-/m0/s1. The molecule has 6 heteroatoms. The van der Waals surface area contributed by atoms with Gasteiger partial charge in [-0.1, -0.05) is 11.8 Å². The summed E-state index contributed by atoms with van der Waals surface area (Å²) < 4.78 is 1.78. The summed E-state index contributed by atoms with van der Waals surface area (Å²) in [6.45, 7) is 2.77. The van der Waals surface area contributed by atoms with E-state index < -0.39 is 0 Å². The molecule has 3 heterocycles. The van der Waals surface area contributed by atoms with Crippen LogP contribution in [0.1, 0.15) is 23.7 Å². The molecule has 90 valence electrons. The van der Waals surface area contributed by atoms with Crippen LogP contribution in [-0.2, 0) is 11.8 Å². The van der Waals surface area contributed by atoms with E-state index in [0.29, 0.717) is 6.42 Å². The van der Waals surface area contributed by atoms with E-state index in [1.807, 2.05) is 20.2 Å². The Morgan fingerprint density at radius 2 is 2.35 bits per heavy atom. The van der Waals surface area contributed by atoms with Crippen molar-refractivity contribution >= 4 is 22.8 Å². The number of amidine groups is 1. The molecule has 0 radical (unpaired) electrons. The Balaban J connectivity index is 1.97. The molecule has 1 amide bonds. The topological polar surface area (TPSA) is 50.5 Å². The lowest BCUT2D eigenvalue weighted by molar-refractivity contribution is -0.127. The minimum absolute atomic E-state index is 0.0481. The maximum atomic E-state index is 12.0. The second-order valence-corrected chi connectivity index (χ2v) is 5.43. The van der Waals surface area contributed by atoms with Crippen LogP contribution in [0.5, 0.6) is 0 Å². The van der Waals surface area contributed by atoms with E-state index in [4.69, 9.17) is 0 Å². The van der Waals surface area contributed by atoms with Crippen LogP contribution < -0.4 is 0 Å². The minimum Gasteiger partial charge on any atom is -0.291 e. The van der Waals surface area contributed by atoms with E-state index in [9.17, 15) is 4.79 Å². The highest BCUT2D eigenvalue weighted by atomic mass is 32.2. The van der Waals surface area contributed by atoms with Gasteiger partial charge in [0, 0.05) is 31.1 Å². The third-order valence-electron chi connectivity index (χ3n) is 3.12. The van der Waals surface area contributed by atoms with E-state index in [2.05, 4.69) is 10.1 Å². The molecule has 0 aliphatic carbocycles. The Hall–Kier alpha value is -1.30. The van der Waals surface area contributed by atoms with E-state index in [-0.39, 0.29) is 11.9 Å². The number of rotatable bonds is 1. The van der Waals surface area contributed by atoms with Gasteiger partial charge < -0.3 is 0 Å². The number of thioether (sulfide) groups is 1. The van der Waals surface area contributed by atoms with Crippen molar-refractivity contribution in [2.75, 3.05) is 12.3 Å². The van der Waals surface area contributed by atoms with Crippen LogP contribution in [0.4, 0.5) is 0 Å². The van der Waals surface area contributed by atoms with Crippen LogP contribution >= 0.6 is 11.8 Å². The predicted octanol–water partition coefficient (Wildman–Crippen LogP) is 1.10. The molecular formula is C11H14N4OS. The van der Waals surface area contributed by atoms with Crippen LogP contribution in [0.25, 0.3) is 0 Å². The highest BCUT2D eigenvalue weighted by Gasteiger charge is 2.34. The van der Waals surface area contributed by atoms with Crippen molar-refractivity contribution in [1.29, 1.82) is 0 Å². The maximum absolute atomic E-state index is 12.0. The summed E-state index contributed by atoms with van der Waals surface area (Å²) in [6, 6.07) is -0.0481. The third kappa shape index (κ3) is 1.76. The van der Waals surface area contributed by atoms with Crippen LogP contribution in [0.15, 0.2) is 11.2 Å². The second kappa shape index (κ2) is 3.87. The minimum atomic E-state index is -0.0481. The largest absolute Gasteiger partial charge is 0.291 e. The number of carbonyl (C=O) groups excluding carboxylic acids is 1. The quantitative estimate of drug-likeness (QED) is 0.750. The summed E-state index contributed by atoms with van der Waals surface area (Å²) in [5.74, 6) is 1.15. The zero-order chi connectivity index (χ0) is 12.0. The zero-order valence-corrected chi connectivity index (χ0v) is 10.7. The number of nitrogens with zero attached hydrogens (tertiary/aromatic N) is 4. The van der Waals surface area contributed by atoms with E-state index in [1.165, 1.54) is 0 Å². The molecule has 0 spiro atoms. The lowest BCUT2D eigenvalue weighted by Gasteiger charge is -2.24. The summed E-state index contributed by atoms with van der Waals surface area (Å²) in [5, 5.41) is 5.20. The molecule has 0 bridgehead atoms. The highest BCUT2D eigenvalue weighted by molar-refractivity contribution is 8.14. The summed E-state index contributed by atoms with van der Waals surface area (Å²) in [4.78, 5) is 18.5. The highest BCUT2D eigenvalue weighted by Crippen LogP contribution is 2.33. The first-order chi connectivity index (χ1) is 8.15. The van der Waals surface area contributed by atoms with E-state index >= 15 is 0 Å². The molecule has 0 unspecified atom stereocenters. The van der Waals surface area contributed by atoms with Gasteiger partial charge in [0.05, 0.1) is 18.2 Å². The molecule has 2 aliphatic heterocycles. The van der Waals surface area contributed by atoms with Gasteiger partial charge >= 0.3 is 0 Å². The number of aryl methyl sites for hydroxylation is 2. The van der Waals surface area contributed by atoms with Gasteiger partial charge in [-0.25, -0.2) is 0 Å². The van der Waals surface area contributed by atoms with Crippen molar-refractivity contribution in [3.63, 3.8) is 0 Å². The Kier molecular flexibility index (Phi) is 2.47. The maximum Gasteiger partial charge on any atom is 0.231 e. The normalized spacial score (nSPS) is 23.9. The predicted molar refractivity (Wildman–Crippen MR) is 66.9 cm³/mol. The molecule has 1 aromatic heterocycles. The first-order valence-electron chi connectivity index (χ1n) is 5.66. The smallest absolute Gasteiger partial charge is 0.231 e. The molecule has 3 rings (SSSR count). The number of fused-ring (bicyclic) bond motifs is 1. The fraction of sp³-hybridized carbons (Fsp3) is 0.545. The Morgan fingerprint density at radius 3 is 3.06 bits per heavy atom. The van der Waals surface area contributed by atoms with Gasteiger partial charge in [-0.2, -0.15) is 5.10 Å². The summed E-state index contributed by atoms with van der Waals surface area (Å²) in [7, 11) is 1.89. The Morgan fingerprint density at radius 1 is 1.53 bits per heavy atom. The molecule has 1 atom stereocenters. The lowest BCUT2D eigenvalue weighted by atomic mass is 10.0. The molecule has 2 aliphatic rings. The van der Waals surface area contributed by atoms with E-state index in [1.54, 1.807) is 21.3 Å². The van der Waals surface area contributed by atoms with Gasteiger partial charge in [-0.15, -0.1) is 0 Å². The van der Waals surface area contributed by atoms with Gasteiger partial charge in [0.2, 0.25) is 5.91 Å². The Labute approximate surface area is 104 Å². The number of carbonyl (C=O) groups is 1. The van der Waals surface area contributed by atoms with Gasteiger partial charge in [0.25, 0.3) is 0 Å². The molecule has 5 nitrogen and oxygen atoms in total. The monoisotopic (exact) mass is 250 g/mol. The summed E-state index contributed by atoms with van der Waals surface area (Å²) in [6.07, 6.45) is 2.43. The van der Waals surface area contributed by atoms with Crippen LogP contribution in [-0.4, -0.2) is 38.1 Å². The number of aromatic nitrogens is 2. The van der Waals surface area contributed by atoms with Crippen molar-refractivity contribution in [3.05, 3.63) is 17.5 Å². The number of aliphatic imine (C=N–C) groups is 1. The fourth-order valence-electron chi connectivity index (χ4n) is 2.32. The molecule has 1 saturated heterocycles. The molecule has 1 aromatic rings. The first-order valence-corrected chi connectivity index (χ1v) is 6.65. The number of hydrogen-bond acceptors (Lipinski definition) is 4. The molecule has 17 heavy (non-hydrogen) atoms. The lowest BCUT2D eigenvalue weighted by Crippen LogP contribution is -2.36. The SMILES string of the molecule is Cc1nn(C)cc1[C@@H]1CC(=O)N2CCSC2=N1. The van der Waals surface area contributed by atoms with Gasteiger partial charge in [0.1, 0.15) is 0 Å². The van der Waals surface area contributed by atoms with Crippen LogP contribution in [0, 0.1) is 6.92 Å². The average Bonchev–Trinajstić information content (AvgIpc) is 2.84. The summed E-state index contributed by atoms with van der Waals surface area (Å²) in [5.41, 5.74) is 2.03. The van der Waals surface area contributed by atoms with Crippen LogP contribution in [0.3, 0.4) is 0 Å². The van der Waals surface area contributed by atoms with Gasteiger partial charge in [0.15, 0.2) is 5.17 Å². The van der Waals surface area contributed by atoms with Crippen molar-refractivity contribution in [2.45, 2.75) is 19.4 Å². The van der Waals surface area contributed by atoms with Crippen molar-refractivity contribution in [3.8, 4) is 0 Å². The van der Waals surface area contributed by atoms with Crippen molar-refractivity contribution < 1.29 is 4.79 Å². The number of hydrogen-bond donors (Lipinski definition) is 0. The Bertz CT molecular complexity index is 508. The summed E-state index contributed by atoms with van der Waals surface area (Å²) >= 11 is 1.67. The second-order valence-electron chi connectivity index (χ2n) is 4.37.